The third-order valence-corrected chi connectivity index (χ3v) is 4.63. The highest BCUT2D eigenvalue weighted by Crippen LogP contribution is 2.32. The summed E-state index contributed by atoms with van der Waals surface area (Å²) in [5.74, 6) is 0.0967. The van der Waals surface area contributed by atoms with Crippen LogP contribution in [-0.2, 0) is 11.2 Å². The second-order valence-electron chi connectivity index (χ2n) is 5.40. The van der Waals surface area contributed by atoms with Crippen LogP contribution in [0.25, 0.3) is 0 Å². The number of carbonyl (C=O) groups is 1. The molecule has 1 aliphatic heterocycles. The average Bonchev–Trinajstić information content (AvgIpc) is 2.86. The van der Waals surface area contributed by atoms with E-state index in [1.54, 1.807) is 4.90 Å². The summed E-state index contributed by atoms with van der Waals surface area (Å²) in [6.07, 6.45) is 0.844. The lowest BCUT2D eigenvalue weighted by Gasteiger charge is -2.22. The van der Waals surface area contributed by atoms with E-state index in [0.717, 1.165) is 23.9 Å². The number of benzene rings is 1. The molecule has 1 unspecified atom stereocenters. The predicted molar refractivity (Wildman–Crippen MR) is 91.5 cm³/mol. The molecule has 1 amide bonds. The Morgan fingerprint density at radius 1 is 1.43 bits per heavy atom. The van der Waals surface area contributed by atoms with Gasteiger partial charge in [0.2, 0.25) is 5.91 Å². The van der Waals surface area contributed by atoms with Crippen LogP contribution in [0.2, 0.25) is 0 Å². The van der Waals surface area contributed by atoms with E-state index in [2.05, 4.69) is 9.97 Å². The molecule has 1 aromatic carbocycles. The maximum atomic E-state index is 12.6. The molecule has 23 heavy (non-hydrogen) atoms. The highest BCUT2D eigenvalue weighted by molar-refractivity contribution is 7.99. The number of aromatic amines is 1. The first-order chi connectivity index (χ1) is 11.0. The van der Waals surface area contributed by atoms with Gasteiger partial charge in [-0.1, -0.05) is 30.0 Å². The van der Waals surface area contributed by atoms with E-state index in [-0.39, 0.29) is 34.4 Å². The molecule has 0 radical (unpaired) electrons. The van der Waals surface area contributed by atoms with Gasteiger partial charge in [0.05, 0.1) is 5.75 Å². The number of nitrogens with zero attached hydrogens (tertiary/aromatic N) is 2. The van der Waals surface area contributed by atoms with Gasteiger partial charge in [-0.3, -0.25) is 14.6 Å². The molecule has 0 fully saturated rings. The van der Waals surface area contributed by atoms with Crippen LogP contribution >= 0.6 is 11.8 Å². The zero-order valence-electron chi connectivity index (χ0n) is 12.6. The van der Waals surface area contributed by atoms with E-state index in [1.165, 1.54) is 5.56 Å². The zero-order valence-corrected chi connectivity index (χ0v) is 13.4. The van der Waals surface area contributed by atoms with Crippen LogP contribution in [0.15, 0.2) is 34.2 Å². The maximum Gasteiger partial charge on any atom is 0.276 e. The minimum atomic E-state index is -0.493. The number of nitrogen functional groups attached to an aromatic ring is 2. The number of hydrogen-bond donors (Lipinski definition) is 3. The molecule has 0 saturated heterocycles. The minimum Gasteiger partial charge on any atom is -0.391 e. The molecule has 8 heteroatoms. The van der Waals surface area contributed by atoms with E-state index in [4.69, 9.17) is 11.5 Å². The highest BCUT2D eigenvalue weighted by Gasteiger charge is 2.30. The van der Waals surface area contributed by atoms with Crippen LogP contribution in [0, 0.1) is 0 Å². The van der Waals surface area contributed by atoms with Gasteiger partial charge >= 0.3 is 0 Å². The van der Waals surface area contributed by atoms with E-state index < -0.39 is 5.56 Å². The number of H-pyrrole nitrogens is 1. The summed E-state index contributed by atoms with van der Waals surface area (Å²) < 4.78 is 0. The molecule has 7 nitrogen and oxygen atoms in total. The highest BCUT2D eigenvalue weighted by atomic mass is 32.2. The average molecular weight is 331 g/mol. The van der Waals surface area contributed by atoms with Crippen molar-refractivity contribution in [3.8, 4) is 0 Å². The largest absolute Gasteiger partial charge is 0.391 e. The Bertz CT molecular complexity index is 820. The molecule has 5 N–H and O–H groups in total. The Morgan fingerprint density at radius 3 is 2.91 bits per heavy atom. The van der Waals surface area contributed by atoms with Gasteiger partial charge in [0.25, 0.3) is 5.56 Å². The fraction of sp³-hybridized carbons (Fsp3) is 0.267. The van der Waals surface area contributed by atoms with Gasteiger partial charge in [-0.25, -0.2) is 4.98 Å². The summed E-state index contributed by atoms with van der Waals surface area (Å²) in [5, 5.41) is 0.287. The maximum absolute atomic E-state index is 12.6. The van der Waals surface area contributed by atoms with Gasteiger partial charge in [0.15, 0.2) is 11.0 Å². The lowest BCUT2D eigenvalue weighted by atomic mass is 10.1. The van der Waals surface area contributed by atoms with Crippen molar-refractivity contribution >= 4 is 34.9 Å². The molecule has 0 aliphatic carbocycles. The number of fused-ring (bicyclic) bond motifs is 1. The first kappa shape index (κ1) is 15.4. The van der Waals surface area contributed by atoms with Crippen molar-refractivity contribution in [1.82, 2.24) is 9.97 Å². The number of aromatic nitrogens is 2. The zero-order chi connectivity index (χ0) is 16.6. The lowest BCUT2D eigenvalue weighted by Crippen LogP contribution is -2.37. The first-order valence-electron chi connectivity index (χ1n) is 7.15. The van der Waals surface area contributed by atoms with Crippen LogP contribution in [0.4, 0.5) is 17.2 Å². The number of amides is 1. The molecular formula is C15H17N5O2S. The second kappa shape index (κ2) is 5.96. The number of nitrogens with two attached hydrogens (primary N) is 2. The van der Waals surface area contributed by atoms with Gasteiger partial charge in [0, 0.05) is 11.7 Å². The number of para-hydroxylation sites is 1. The summed E-state index contributed by atoms with van der Waals surface area (Å²) in [6, 6.07) is 7.99. The number of rotatable bonds is 3. The Balaban J connectivity index is 1.74. The van der Waals surface area contributed by atoms with Gasteiger partial charge < -0.3 is 16.4 Å². The van der Waals surface area contributed by atoms with Crippen LogP contribution in [0.5, 0.6) is 0 Å². The fourth-order valence-corrected chi connectivity index (χ4v) is 3.42. The van der Waals surface area contributed by atoms with Crippen LogP contribution in [0.3, 0.4) is 0 Å². The summed E-state index contributed by atoms with van der Waals surface area (Å²) in [6.45, 7) is 2.02. The first-order valence-corrected chi connectivity index (χ1v) is 8.14. The Hall–Kier alpha value is -2.48. The lowest BCUT2D eigenvalue weighted by molar-refractivity contribution is -0.116. The van der Waals surface area contributed by atoms with Crippen molar-refractivity contribution in [3.63, 3.8) is 0 Å². The SMILES string of the molecule is CC1Cc2ccccc2N1C(=O)CSc1nc(N)c(N)c(=O)[nH]1. The van der Waals surface area contributed by atoms with Gasteiger partial charge in [-0.05, 0) is 25.0 Å². The normalized spacial score (nSPS) is 16.4. The van der Waals surface area contributed by atoms with Gasteiger partial charge in [-0.2, -0.15) is 0 Å². The van der Waals surface area contributed by atoms with Crippen LogP contribution < -0.4 is 21.9 Å². The Morgan fingerprint density at radius 2 is 2.17 bits per heavy atom. The van der Waals surface area contributed by atoms with Crippen molar-refractivity contribution < 1.29 is 4.79 Å². The molecule has 1 aliphatic rings. The summed E-state index contributed by atoms with van der Waals surface area (Å²) in [4.78, 5) is 32.4. The van der Waals surface area contributed by atoms with Crippen LogP contribution in [0.1, 0.15) is 12.5 Å². The van der Waals surface area contributed by atoms with Crippen molar-refractivity contribution in [2.75, 3.05) is 22.1 Å². The summed E-state index contributed by atoms with van der Waals surface area (Å²) in [7, 11) is 0. The smallest absolute Gasteiger partial charge is 0.276 e. The number of anilines is 3. The molecule has 2 heterocycles. The second-order valence-corrected chi connectivity index (χ2v) is 6.37. The molecule has 0 saturated carbocycles. The quantitative estimate of drug-likeness (QED) is 0.570. The Labute approximate surface area is 137 Å². The summed E-state index contributed by atoms with van der Waals surface area (Å²) in [5.41, 5.74) is 12.5. The van der Waals surface area contributed by atoms with Crippen molar-refractivity contribution in [1.29, 1.82) is 0 Å². The monoisotopic (exact) mass is 331 g/mol. The number of hydrogen-bond acceptors (Lipinski definition) is 6. The predicted octanol–water partition coefficient (Wildman–Crippen LogP) is 1.00. The molecular weight excluding hydrogens is 314 g/mol. The molecule has 2 aromatic rings. The van der Waals surface area contributed by atoms with Crippen LogP contribution in [-0.4, -0.2) is 27.7 Å². The molecule has 3 rings (SSSR count). The molecule has 0 spiro atoms. The summed E-state index contributed by atoms with van der Waals surface area (Å²) >= 11 is 1.14. The number of thioether (sulfide) groups is 1. The van der Waals surface area contributed by atoms with E-state index in [0.29, 0.717) is 0 Å². The number of carbonyl (C=O) groups excluding carboxylic acids is 1. The molecule has 1 aromatic heterocycles. The van der Waals surface area contributed by atoms with Gasteiger partial charge in [0.1, 0.15) is 5.69 Å². The van der Waals surface area contributed by atoms with Crippen molar-refractivity contribution in [2.24, 2.45) is 0 Å². The Kier molecular flexibility index (Phi) is 3.99. The van der Waals surface area contributed by atoms with Crippen molar-refractivity contribution in [3.05, 3.63) is 40.2 Å². The molecule has 0 bridgehead atoms. The standard InChI is InChI=1S/C15H17N5O2S/c1-8-6-9-4-2-3-5-10(9)20(8)11(21)7-23-15-18-13(17)12(16)14(22)19-15/h2-5,8H,6-7,16H2,1H3,(H3,17,18,19,22). The fourth-order valence-electron chi connectivity index (χ4n) is 2.69. The third kappa shape index (κ3) is 2.89. The minimum absolute atomic E-state index is 0.0245. The van der Waals surface area contributed by atoms with E-state index in [1.807, 2.05) is 31.2 Å². The van der Waals surface area contributed by atoms with Gasteiger partial charge in [-0.15, -0.1) is 0 Å². The third-order valence-electron chi connectivity index (χ3n) is 3.77. The van der Waals surface area contributed by atoms with E-state index >= 15 is 0 Å². The molecule has 120 valence electrons. The van der Waals surface area contributed by atoms with E-state index in [9.17, 15) is 9.59 Å². The molecule has 1 atom stereocenters. The van der Waals surface area contributed by atoms with Crippen molar-refractivity contribution in [2.45, 2.75) is 24.5 Å². The topological polar surface area (TPSA) is 118 Å². The number of nitrogens with one attached hydrogen (secondary N) is 1.